The number of nitrogens with zero attached hydrogens (tertiary/aromatic N) is 2. The highest BCUT2D eigenvalue weighted by molar-refractivity contribution is 5.89. The molecule has 136 valence electrons. The van der Waals surface area contributed by atoms with Gasteiger partial charge in [-0.2, -0.15) is 5.10 Å². The molecule has 0 spiro atoms. The average Bonchev–Trinajstić information content (AvgIpc) is 3.07. The van der Waals surface area contributed by atoms with Crippen molar-refractivity contribution in [1.82, 2.24) is 15.1 Å². The Morgan fingerprint density at radius 2 is 2.04 bits per heavy atom. The number of benzene rings is 1. The van der Waals surface area contributed by atoms with E-state index in [9.17, 15) is 4.79 Å². The van der Waals surface area contributed by atoms with Crippen molar-refractivity contribution >= 4 is 11.7 Å². The molecular formula is C19H28N4O2. The lowest BCUT2D eigenvalue weighted by Crippen LogP contribution is -2.33. The molecule has 0 aliphatic heterocycles. The topological polar surface area (TPSA) is 79.2 Å². The number of hydrogen-bond donors (Lipinski definition) is 3. The molecule has 2 amide bonds. The number of aromatic nitrogens is 2. The lowest BCUT2D eigenvalue weighted by atomic mass is 9.94. The molecule has 3 N–H and O–H groups in total. The third-order valence-corrected chi connectivity index (χ3v) is 4.01. The molecule has 0 saturated heterocycles. The van der Waals surface area contributed by atoms with Crippen molar-refractivity contribution < 1.29 is 9.90 Å². The summed E-state index contributed by atoms with van der Waals surface area (Å²) >= 11 is 0. The summed E-state index contributed by atoms with van der Waals surface area (Å²) in [7, 11) is 0. The van der Waals surface area contributed by atoms with Crippen LogP contribution in [-0.2, 0) is 6.54 Å². The summed E-state index contributed by atoms with van der Waals surface area (Å²) in [6.45, 7) is 5.72. The Balaban J connectivity index is 1.79. The van der Waals surface area contributed by atoms with Gasteiger partial charge < -0.3 is 15.7 Å². The maximum absolute atomic E-state index is 12.0. The van der Waals surface area contributed by atoms with E-state index < -0.39 is 0 Å². The van der Waals surface area contributed by atoms with Crippen LogP contribution in [0, 0.1) is 11.8 Å². The maximum atomic E-state index is 12.0. The molecule has 0 aliphatic rings. The summed E-state index contributed by atoms with van der Waals surface area (Å²) in [5.41, 5.74) is 1.87. The molecule has 2 aromatic rings. The standard InChI is InChI=1S/C19H28N4O2/c1-15(2)12-17(8-11-24)13-20-19(25)22-18-6-4-16(5-7-18)14-23-10-3-9-21-23/h3-7,9-10,15,17,24H,8,11-14H2,1-2H3,(H2,20,22,25). The third kappa shape index (κ3) is 6.97. The number of amides is 2. The van der Waals surface area contributed by atoms with Crippen LogP contribution in [0.25, 0.3) is 0 Å². The monoisotopic (exact) mass is 344 g/mol. The number of carbonyl (C=O) groups excluding carboxylic acids is 1. The fourth-order valence-corrected chi connectivity index (χ4v) is 2.84. The van der Waals surface area contributed by atoms with Crippen molar-refractivity contribution in [2.24, 2.45) is 11.8 Å². The fraction of sp³-hybridized carbons (Fsp3) is 0.474. The predicted octanol–water partition coefficient (Wildman–Crippen LogP) is 3.10. The molecule has 1 heterocycles. The number of hydrogen-bond acceptors (Lipinski definition) is 3. The normalized spacial score (nSPS) is 12.2. The molecule has 1 aromatic heterocycles. The predicted molar refractivity (Wildman–Crippen MR) is 99.4 cm³/mol. The summed E-state index contributed by atoms with van der Waals surface area (Å²) < 4.78 is 1.85. The molecule has 0 bridgehead atoms. The van der Waals surface area contributed by atoms with Gasteiger partial charge in [0.1, 0.15) is 0 Å². The Morgan fingerprint density at radius 1 is 1.28 bits per heavy atom. The summed E-state index contributed by atoms with van der Waals surface area (Å²) in [5, 5.41) is 19.1. The van der Waals surface area contributed by atoms with Crippen LogP contribution in [0.2, 0.25) is 0 Å². The number of urea groups is 1. The van der Waals surface area contributed by atoms with Gasteiger partial charge >= 0.3 is 6.03 Å². The van der Waals surface area contributed by atoms with Gasteiger partial charge in [0, 0.05) is 31.2 Å². The van der Waals surface area contributed by atoms with Crippen LogP contribution in [-0.4, -0.2) is 34.1 Å². The molecule has 6 nitrogen and oxygen atoms in total. The van der Waals surface area contributed by atoms with Gasteiger partial charge in [0.15, 0.2) is 0 Å². The molecule has 0 aliphatic carbocycles. The Labute approximate surface area is 149 Å². The molecule has 25 heavy (non-hydrogen) atoms. The molecule has 0 fully saturated rings. The van der Waals surface area contributed by atoms with Crippen molar-refractivity contribution in [3.8, 4) is 0 Å². The Bertz CT molecular complexity index is 623. The number of rotatable bonds is 9. The lowest BCUT2D eigenvalue weighted by molar-refractivity contribution is 0.231. The maximum Gasteiger partial charge on any atom is 0.319 e. The van der Waals surface area contributed by atoms with Crippen LogP contribution in [0.4, 0.5) is 10.5 Å². The van der Waals surface area contributed by atoms with Crippen LogP contribution in [0.5, 0.6) is 0 Å². The minimum absolute atomic E-state index is 0.151. The zero-order valence-electron chi connectivity index (χ0n) is 15.0. The summed E-state index contributed by atoms with van der Waals surface area (Å²) in [6, 6.07) is 9.40. The fourth-order valence-electron chi connectivity index (χ4n) is 2.84. The smallest absolute Gasteiger partial charge is 0.319 e. The van der Waals surface area contributed by atoms with Crippen molar-refractivity contribution in [1.29, 1.82) is 0 Å². The first-order valence-electron chi connectivity index (χ1n) is 8.79. The van der Waals surface area contributed by atoms with Crippen LogP contribution >= 0.6 is 0 Å². The first-order chi connectivity index (χ1) is 12.1. The van der Waals surface area contributed by atoms with E-state index in [1.807, 2.05) is 41.2 Å². The molecule has 6 heteroatoms. The molecule has 2 rings (SSSR count). The number of anilines is 1. The Kier molecular flexibility index (Phi) is 7.47. The second-order valence-electron chi connectivity index (χ2n) is 6.74. The van der Waals surface area contributed by atoms with E-state index in [0.717, 1.165) is 17.7 Å². The van der Waals surface area contributed by atoms with Gasteiger partial charge in [-0.3, -0.25) is 4.68 Å². The van der Waals surface area contributed by atoms with E-state index in [-0.39, 0.29) is 12.6 Å². The highest BCUT2D eigenvalue weighted by atomic mass is 16.3. The highest BCUT2D eigenvalue weighted by Crippen LogP contribution is 2.14. The second kappa shape index (κ2) is 9.84. The number of aliphatic hydroxyl groups excluding tert-OH is 1. The first kappa shape index (κ1) is 19.0. The van der Waals surface area contributed by atoms with Gasteiger partial charge in [-0.25, -0.2) is 4.79 Å². The quantitative estimate of drug-likeness (QED) is 0.654. The summed E-state index contributed by atoms with van der Waals surface area (Å²) in [4.78, 5) is 12.0. The molecule has 0 radical (unpaired) electrons. The first-order valence-corrected chi connectivity index (χ1v) is 8.79. The Morgan fingerprint density at radius 3 is 2.64 bits per heavy atom. The number of carbonyl (C=O) groups is 1. The van der Waals surface area contributed by atoms with E-state index >= 15 is 0 Å². The van der Waals surface area contributed by atoms with Crippen LogP contribution in [0.1, 0.15) is 32.3 Å². The zero-order valence-corrected chi connectivity index (χ0v) is 15.0. The average molecular weight is 344 g/mol. The van der Waals surface area contributed by atoms with Gasteiger partial charge in [-0.15, -0.1) is 0 Å². The SMILES string of the molecule is CC(C)CC(CCO)CNC(=O)Nc1ccc(Cn2cccn2)cc1. The van der Waals surface area contributed by atoms with Crippen LogP contribution < -0.4 is 10.6 Å². The largest absolute Gasteiger partial charge is 0.396 e. The van der Waals surface area contributed by atoms with Crippen molar-refractivity contribution in [2.45, 2.75) is 33.2 Å². The second-order valence-corrected chi connectivity index (χ2v) is 6.74. The van der Waals surface area contributed by atoms with Gasteiger partial charge in [-0.05, 0) is 48.4 Å². The Hall–Kier alpha value is -2.34. The molecule has 1 aromatic carbocycles. The van der Waals surface area contributed by atoms with Crippen molar-refractivity contribution in [3.63, 3.8) is 0 Å². The van der Waals surface area contributed by atoms with Gasteiger partial charge in [0.2, 0.25) is 0 Å². The van der Waals surface area contributed by atoms with Gasteiger partial charge in [-0.1, -0.05) is 26.0 Å². The van der Waals surface area contributed by atoms with E-state index in [1.54, 1.807) is 6.20 Å². The van der Waals surface area contributed by atoms with E-state index in [4.69, 9.17) is 5.11 Å². The van der Waals surface area contributed by atoms with Gasteiger partial charge in [0.05, 0.1) is 6.54 Å². The van der Waals surface area contributed by atoms with Crippen LogP contribution in [0.3, 0.4) is 0 Å². The third-order valence-electron chi connectivity index (χ3n) is 4.01. The van der Waals surface area contributed by atoms with Crippen molar-refractivity contribution in [2.75, 3.05) is 18.5 Å². The summed E-state index contributed by atoms with van der Waals surface area (Å²) in [5.74, 6) is 0.843. The van der Waals surface area contributed by atoms with E-state index in [0.29, 0.717) is 31.3 Å². The molecule has 1 atom stereocenters. The molecule has 0 saturated carbocycles. The van der Waals surface area contributed by atoms with Crippen molar-refractivity contribution in [3.05, 3.63) is 48.3 Å². The number of nitrogens with one attached hydrogen (secondary N) is 2. The highest BCUT2D eigenvalue weighted by Gasteiger charge is 2.12. The van der Waals surface area contributed by atoms with E-state index in [2.05, 4.69) is 29.6 Å². The summed E-state index contributed by atoms with van der Waals surface area (Å²) in [6.07, 6.45) is 5.37. The molecule has 1 unspecified atom stereocenters. The zero-order chi connectivity index (χ0) is 18.1. The van der Waals surface area contributed by atoms with Crippen LogP contribution in [0.15, 0.2) is 42.7 Å². The molecular weight excluding hydrogens is 316 g/mol. The van der Waals surface area contributed by atoms with Gasteiger partial charge in [0.25, 0.3) is 0 Å². The minimum atomic E-state index is -0.216. The minimum Gasteiger partial charge on any atom is -0.396 e. The number of aliphatic hydroxyl groups is 1. The van der Waals surface area contributed by atoms with E-state index in [1.165, 1.54) is 0 Å². The lowest BCUT2D eigenvalue weighted by Gasteiger charge is -2.18.